The minimum atomic E-state index is -0.348. The summed E-state index contributed by atoms with van der Waals surface area (Å²) < 4.78 is 21.6. The van der Waals surface area contributed by atoms with Gasteiger partial charge in [-0.15, -0.1) is 0 Å². The minimum Gasteiger partial charge on any atom is -0.497 e. The smallest absolute Gasteiger partial charge is 0.497 e. The summed E-state index contributed by atoms with van der Waals surface area (Å²) in [5.41, 5.74) is 0.876. The summed E-state index contributed by atoms with van der Waals surface area (Å²) in [7, 11) is 2.92. The van der Waals surface area contributed by atoms with E-state index in [1.54, 1.807) is 14.2 Å². The summed E-state index contributed by atoms with van der Waals surface area (Å²) in [6, 6.07) is 5.59. The van der Waals surface area contributed by atoms with E-state index < -0.39 is 0 Å². The first-order valence-corrected chi connectivity index (χ1v) is 5.30. The van der Waals surface area contributed by atoms with Gasteiger partial charge < -0.3 is 18.8 Å². The quantitative estimate of drug-likeness (QED) is 0.710. The van der Waals surface area contributed by atoms with Gasteiger partial charge in [-0.3, -0.25) is 0 Å². The number of benzene rings is 1. The second-order valence-corrected chi connectivity index (χ2v) is 3.53. The van der Waals surface area contributed by atoms with Crippen molar-refractivity contribution < 1.29 is 18.8 Å². The van der Waals surface area contributed by atoms with Crippen molar-refractivity contribution >= 4 is 12.6 Å². The van der Waals surface area contributed by atoms with Crippen molar-refractivity contribution in [3.05, 3.63) is 18.2 Å². The molecule has 0 aromatic heterocycles. The van der Waals surface area contributed by atoms with E-state index in [0.29, 0.717) is 13.2 Å². The van der Waals surface area contributed by atoms with Gasteiger partial charge in [0.05, 0.1) is 14.2 Å². The second kappa shape index (κ2) is 5.23. The average molecular weight is 222 g/mol. The Morgan fingerprint density at radius 1 is 1.12 bits per heavy atom. The first-order chi connectivity index (χ1) is 7.85. The maximum absolute atomic E-state index is 5.55. The molecule has 1 aromatic rings. The highest BCUT2D eigenvalue weighted by Gasteiger charge is 2.28. The molecule has 0 unspecified atom stereocenters. The molecule has 5 heteroatoms. The highest BCUT2D eigenvalue weighted by molar-refractivity contribution is 6.62. The molecule has 0 atom stereocenters. The first-order valence-electron chi connectivity index (χ1n) is 5.30. The van der Waals surface area contributed by atoms with Crippen LogP contribution in [0.25, 0.3) is 0 Å². The lowest BCUT2D eigenvalue weighted by Crippen LogP contribution is -2.41. The van der Waals surface area contributed by atoms with Crippen LogP contribution in [0.5, 0.6) is 11.5 Å². The van der Waals surface area contributed by atoms with Gasteiger partial charge in [-0.05, 0) is 24.6 Å². The third-order valence-electron chi connectivity index (χ3n) is 2.52. The van der Waals surface area contributed by atoms with Crippen molar-refractivity contribution in [2.45, 2.75) is 6.42 Å². The molecule has 1 aromatic carbocycles. The molecule has 2 rings (SSSR count). The zero-order valence-electron chi connectivity index (χ0n) is 9.56. The first kappa shape index (κ1) is 11.3. The van der Waals surface area contributed by atoms with Crippen molar-refractivity contribution in [3.63, 3.8) is 0 Å². The number of ether oxygens (including phenoxy) is 2. The van der Waals surface area contributed by atoms with Crippen molar-refractivity contribution in [2.24, 2.45) is 0 Å². The van der Waals surface area contributed by atoms with E-state index in [2.05, 4.69) is 0 Å². The summed E-state index contributed by atoms with van der Waals surface area (Å²) in [5.74, 6) is 1.53. The molecule has 0 spiro atoms. The van der Waals surface area contributed by atoms with Crippen LogP contribution in [0.3, 0.4) is 0 Å². The van der Waals surface area contributed by atoms with E-state index in [-0.39, 0.29) is 7.12 Å². The number of hydrogen-bond donors (Lipinski definition) is 0. The molecule has 4 nitrogen and oxygen atoms in total. The van der Waals surface area contributed by atoms with E-state index in [1.807, 2.05) is 18.2 Å². The normalized spacial score (nSPS) is 16.0. The molecule has 1 saturated heterocycles. The summed E-state index contributed by atoms with van der Waals surface area (Å²) in [6.45, 7) is 1.43. The van der Waals surface area contributed by atoms with Crippen LogP contribution < -0.4 is 14.9 Å². The highest BCUT2D eigenvalue weighted by atomic mass is 16.6. The van der Waals surface area contributed by atoms with Crippen LogP contribution >= 0.6 is 0 Å². The molecule has 0 saturated carbocycles. The summed E-state index contributed by atoms with van der Waals surface area (Å²) in [5, 5.41) is 0. The molecular formula is C11H15BO4. The van der Waals surface area contributed by atoms with Crippen molar-refractivity contribution in [3.8, 4) is 11.5 Å². The Bertz CT molecular complexity index is 350. The molecule has 1 fully saturated rings. The van der Waals surface area contributed by atoms with Crippen LogP contribution in [0, 0.1) is 0 Å². The molecule has 0 bridgehead atoms. The van der Waals surface area contributed by atoms with Crippen molar-refractivity contribution in [2.75, 3.05) is 27.4 Å². The standard InChI is InChI=1S/C11H15BO4/c1-13-9-4-5-11(14-2)10(8-9)12-15-6-3-7-16-12/h4-5,8H,3,6-7H2,1-2H3. The van der Waals surface area contributed by atoms with Crippen LogP contribution in [-0.4, -0.2) is 34.6 Å². The number of hydrogen-bond acceptors (Lipinski definition) is 4. The fraction of sp³-hybridized carbons (Fsp3) is 0.455. The lowest BCUT2D eigenvalue weighted by molar-refractivity contribution is 0.143. The van der Waals surface area contributed by atoms with Gasteiger partial charge in [-0.2, -0.15) is 0 Å². The predicted octanol–water partition coefficient (Wildman–Crippen LogP) is 0.836. The maximum Gasteiger partial charge on any atom is 0.497 e. The van der Waals surface area contributed by atoms with Crippen molar-refractivity contribution in [1.29, 1.82) is 0 Å². The molecular weight excluding hydrogens is 207 g/mol. The van der Waals surface area contributed by atoms with Crippen LogP contribution in [0.1, 0.15) is 6.42 Å². The fourth-order valence-corrected chi connectivity index (χ4v) is 1.69. The third kappa shape index (κ3) is 2.31. The molecule has 86 valence electrons. The zero-order chi connectivity index (χ0) is 11.4. The molecule has 1 aliphatic heterocycles. The monoisotopic (exact) mass is 222 g/mol. The predicted molar refractivity (Wildman–Crippen MR) is 61.5 cm³/mol. The SMILES string of the molecule is COc1ccc(OC)c(B2OCCCO2)c1. The van der Waals surface area contributed by atoms with E-state index in [0.717, 1.165) is 23.4 Å². The molecule has 0 N–H and O–H groups in total. The Labute approximate surface area is 95.6 Å². The molecule has 1 heterocycles. The lowest BCUT2D eigenvalue weighted by Gasteiger charge is -2.21. The van der Waals surface area contributed by atoms with Crippen LogP contribution in [0.15, 0.2) is 18.2 Å². The highest BCUT2D eigenvalue weighted by Crippen LogP contribution is 2.17. The van der Waals surface area contributed by atoms with Gasteiger partial charge in [0.25, 0.3) is 0 Å². The van der Waals surface area contributed by atoms with Gasteiger partial charge in [0, 0.05) is 18.7 Å². The summed E-state index contributed by atoms with van der Waals surface area (Å²) in [4.78, 5) is 0. The van der Waals surface area contributed by atoms with Crippen LogP contribution in [0.2, 0.25) is 0 Å². The molecule has 1 aliphatic rings. The van der Waals surface area contributed by atoms with E-state index in [4.69, 9.17) is 18.8 Å². The molecule has 0 radical (unpaired) electrons. The molecule has 0 amide bonds. The largest absolute Gasteiger partial charge is 0.497 e. The van der Waals surface area contributed by atoms with Gasteiger partial charge in [0.2, 0.25) is 0 Å². The van der Waals surface area contributed by atoms with Gasteiger partial charge in [-0.25, -0.2) is 0 Å². The van der Waals surface area contributed by atoms with E-state index in [1.165, 1.54) is 0 Å². The zero-order valence-corrected chi connectivity index (χ0v) is 9.56. The van der Waals surface area contributed by atoms with Crippen LogP contribution in [-0.2, 0) is 9.31 Å². The Hall–Kier alpha value is -1.20. The fourth-order valence-electron chi connectivity index (χ4n) is 1.69. The van der Waals surface area contributed by atoms with Gasteiger partial charge >= 0.3 is 7.12 Å². The van der Waals surface area contributed by atoms with Gasteiger partial charge in [0.15, 0.2) is 0 Å². The molecule has 0 aliphatic carbocycles. The van der Waals surface area contributed by atoms with Gasteiger partial charge in [-0.1, -0.05) is 0 Å². The maximum atomic E-state index is 5.55. The van der Waals surface area contributed by atoms with Gasteiger partial charge in [0.1, 0.15) is 11.5 Å². The lowest BCUT2D eigenvalue weighted by atomic mass is 9.77. The van der Waals surface area contributed by atoms with Crippen molar-refractivity contribution in [1.82, 2.24) is 0 Å². The third-order valence-corrected chi connectivity index (χ3v) is 2.52. The average Bonchev–Trinajstić information content (AvgIpc) is 2.39. The summed E-state index contributed by atoms with van der Waals surface area (Å²) >= 11 is 0. The Morgan fingerprint density at radius 2 is 1.88 bits per heavy atom. The number of rotatable bonds is 3. The van der Waals surface area contributed by atoms with Crippen LogP contribution in [0.4, 0.5) is 0 Å². The Balaban J connectivity index is 2.27. The second-order valence-electron chi connectivity index (χ2n) is 3.53. The molecule has 16 heavy (non-hydrogen) atoms. The Morgan fingerprint density at radius 3 is 2.50 bits per heavy atom. The van der Waals surface area contributed by atoms with E-state index >= 15 is 0 Å². The number of methoxy groups -OCH3 is 2. The minimum absolute atomic E-state index is 0.348. The summed E-state index contributed by atoms with van der Waals surface area (Å²) in [6.07, 6.45) is 0.933. The Kier molecular flexibility index (Phi) is 3.69. The topological polar surface area (TPSA) is 36.9 Å². The van der Waals surface area contributed by atoms with E-state index in [9.17, 15) is 0 Å².